The van der Waals surface area contributed by atoms with E-state index in [1.54, 1.807) is 4.57 Å². The summed E-state index contributed by atoms with van der Waals surface area (Å²) in [5.74, 6) is 0.761. The molecule has 0 amide bonds. The van der Waals surface area contributed by atoms with E-state index < -0.39 is 0 Å². The maximum absolute atomic E-state index is 12.7. The molecule has 1 aromatic heterocycles. The van der Waals surface area contributed by atoms with Gasteiger partial charge in [0.1, 0.15) is 0 Å². The summed E-state index contributed by atoms with van der Waals surface area (Å²) in [5, 5.41) is 8.63. The molecule has 22 heavy (non-hydrogen) atoms. The minimum absolute atomic E-state index is 0.0190. The van der Waals surface area contributed by atoms with Crippen LogP contribution in [0.1, 0.15) is 32.1 Å². The third kappa shape index (κ3) is 2.21. The van der Waals surface area contributed by atoms with Crippen molar-refractivity contribution in [2.45, 2.75) is 44.7 Å². The van der Waals surface area contributed by atoms with Crippen molar-refractivity contribution in [2.75, 3.05) is 11.4 Å². The standard InChI is InChI=1S/C17H20N4O/c22-16-15(13-7-3-1-4-8-13)18-19-17-20(11-12-21(16)17)14-9-5-2-6-10-14/h1,3-4,7-8,14H,2,5-6,9-12H2. The first-order valence-corrected chi connectivity index (χ1v) is 8.14. The maximum atomic E-state index is 12.7. The van der Waals surface area contributed by atoms with E-state index in [2.05, 4.69) is 15.1 Å². The Labute approximate surface area is 129 Å². The molecule has 4 rings (SSSR count). The Bertz CT molecular complexity index is 719. The molecule has 1 fully saturated rings. The summed E-state index contributed by atoms with van der Waals surface area (Å²) >= 11 is 0. The molecule has 2 aromatic rings. The summed E-state index contributed by atoms with van der Waals surface area (Å²) in [7, 11) is 0. The van der Waals surface area contributed by atoms with Crippen molar-refractivity contribution in [3.63, 3.8) is 0 Å². The molecule has 5 heteroatoms. The van der Waals surface area contributed by atoms with Gasteiger partial charge in [-0.25, -0.2) is 0 Å². The van der Waals surface area contributed by atoms with E-state index in [1.807, 2.05) is 30.3 Å². The Balaban J connectivity index is 1.71. The van der Waals surface area contributed by atoms with Crippen molar-refractivity contribution in [1.82, 2.24) is 14.8 Å². The van der Waals surface area contributed by atoms with Gasteiger partial charge < -0.3 is 4.90 Å². The number of fused-ring (bicyclic) bond motifs is 1. The van der Waals surface area contributed by atoms with Crippen LogP contribution < -0.4 is 10.5 Å². The minimum Gasteiger partial charge on any atom is -0.336 e. The molecule has 1 saturated carbocycles. The van der Waals surface area contributed by atoms with Crippen LogP contribution in [0.5, 0.6) is 0 Å². The molecule has 5 nitrogen and oxygen atoms in total. The molecule has 0 unspecified atom stereocenters. The highest BCUT2D eigenvalue weighted by Crippen LogP contribution is 2.28. The summed E-state index contributed by atoms with van der Waals surface area (Å²) in [6.45, 7) is 1.60. The van der Waals surface area contributed by atoms with Crippen LogP contribution in [0.25, 0.3) is 11.3 Å². The van der Waals surface area contributed by atoms with Gasteiger partial charge in [0.25, 0.3) is 5.56 Å². The fourth-order valence-electron chi connectivity index (χ4n) is 3.65. The number of rotatable bonds is 2. The van der Waals surface area contributed by atoms with Gasteiger partial charge in [-0.1, -0.05) is 49.6 Å². The summed E-state index contributed by atoms with van der Waals surface area (Å²) < 4.78 is 1.80. The first-order chi connectivity index (χ1) is 10.8. The van der Waals surface area contributed by atoms with Gasteiger partial charge in [-0.3, -0.25) is 9.36 Å². The molecule has 2 heterocycles. The van der Waals surface area contributed by atoms with Crippen LogP contribution >= 0.6 is 0 Å². The van der Waals surface area contributed by atoms with E-state index in [1.165, 1.54) is 32.1 Å². The molecule has 0 saturated heterocycles. The fraction of sp³-hybridized carbons (Fsp3) is 0.471. The van der Waals surface area contributed by atoms with Crippen molar-refractivity contribution < 1.29 is 0 Å². The molecule has 0 N–H and O–H groups in total. The number of anilines is 1. The summed E-state index contributed by atoms with van der Waals surface area (Å²) in [4.78, 5) is 15.0. The highest BCUT2D eigenvalue weighted by molar-refractivity contribution is 5.58. The number of hydrogen-bond donors (Lipinski definition) is 0. The second-order valence-corrected chi connectivity index (χ2v) is 6.16. The molecule has 1 aliphatic carbocycles. The topological polar surface area (TPSA) is 51.0 Å². The SMILES string of the molecule is O=c1c(-c2ccccc2)nnc2n1CCN2C1CCCCC1. The zero-order valence-corrected chi connectivity index (χ0v) is 12.6. The van der Waals surface area contributed by atoms with Crippen molar-refractivity contribution >= 4 is 5.95 Å². The van der Waals surface area contributed by atoms with Crippen molar-refractivity contribution in [1.29, 1.82) is 0 Å². The zero-order valence-electron chi connectivity index (χ0n) is 12.6. The van der Waals surface area contributed by atoms with E-state index in [0.717, 1.165) is 24.6 Å². The van der Waals surface area contributed by atoms with Crippen molar-refractivity contribution in [2.24, 2.45) is 0 Å². The lowest BCUT2D eigenvalue weighted by atomic mass is 9.94. The largest absolute Gasteiger partial charge is 0.336 e. The molecule has 0 atom stereocenters. The van der Waals surface area contributed by atoms with Gasteiger partial charge in [-0.15, -0.1) is 10.2 Å². The first kappa shape index (κ1) is 13.5. The fourth-order valence-corrected chi connectivity index (χ4v) is 3.65. The summed E-state index contributed by atoms with van der Waals surface area (Å²) in [6, 6.07) is 10.1. The molecule has 114 valence electrons. The van der Waals surface area contributed by atoms with Crippen LogP contribution in [0.4, 0.5) is 5.95 Å². The maximum Gasteiger partial charge on any atom is 0.281 e. The number of aromatic nitrogens is 3. The third-order valence-electron chi connectivity index (χ3n) is 4.81. The Morgan fingerprint density at radius 1 is 0.955 bits per heavy atom. The molecular formula is C17H20N4O. The van der Waals surface area contributed by atoms with Crippen LogP contribution in [0.3, 0.4) is 0 Å². The minimum atomic E-state index is -0.0190. The molecule has 0 bridgehead atoms. The van der Waals surface area contributed by atoms with Crippen molar-refractivity contribution in [3.8, 4) is 11.3 Å². The Hall–Kier alpha value is -2.17. The molecular weight excluding hydrogens is 276 g/mol. The van der Waals surface area contributed by atoms with Crippen LogP contribution in [-0.4, -0.2) is 27.4 Å². The Kier molecular flexibility index (Phi) is 3.41. The number of benzene rings is 1. The van der Waals surface area contributed by atoms with Crippen LogP contribution in [0.2, 0.25) is 0 Å². The highest BCUT2D eigenvalue weighted by Gasteiger charge is 2.30. The van der Waals surface area contributed by atoms with E-state index in [9.17, 15) is 4.79 Å². The second-order valence-electron chi connectivity index (χ2n) is 6.16. The predicted molar refractivity (Wildman–Crippen MR) is 85.9 cm³/mol. The van der Waals surface area contributed by atoms with Crippen LogP contribution in [0.15, 0.2) is 35.1 Å². The lowest BCUT2D eigenvalue weighted by molar-refractivity contribution is 0.418. The first-order valence-electron chi connectivity index (χ1n) is 8.14. The van der Waals surface area contributed by atoms with E-state index in [0.29, 0.717) is 11.7 Å². The average molecular weight is 296 g/mol. The van der Waals surface area contributed by atoms with Gasteiger partial charge in [0, 0.05) is 24.7 Å². The molecule has 2 aliphatic rings. The van der Waals surface area contributed by atoms with Crippen LogP contribution in [0, 0.1) is 0 Å². The quantitative estimate of drug-likeness (QED) is 0.854. The average Bonchev–Trinajstić information content (AvgIpc) is 3.02. The highest BCUT2D eigenvalue weighted by atomic mass is 16.1. The zero-order chi connectivity index (χ0) is 14.9. The van der Waals surface area contributed by atoms with Gasteiger partial charge in [-0.2, -0.15) is 0 Å². The van der Waals surface area contributed by atoms with Crippen molar-refractivity contribution in [3.05, 3.63) is 40.7 Å². The molecule has 1 aromatic carbocycles. The van der Waals surface area contributed by atoms with E-state index >= 15 is 0 Å². The van der Waals surface area contributed by atoms with Gasteiger partial charge in [-0.05, 0) is 12.8 Å². The summed E-state index contributed by atoms with van der Waals surface area (Å²) in [5.41, 5.74) is 1.27. The second kappa shape index (κ2) is 5.55. The van der Waals surface area contributed by atoms with E-state index in [-0.39, 0.29) is 5.56 Å². The molecule has 0 radical (unpaired) electrons. The normalized spacial score (nSPS) is 18.5. The van der Waals surface area contributed by atoms with Gasteiger partial charge >= 0.3 is 0 Å². The van der Waals surface area contributed by atoms with Crippen LogP contribution in [-0.2, 0) is 6.54 Å². The number of nitrogens with zero attached hydrogens (tertiary/aromatic N) is 4. The van der Waals surface area contributed by atoms with E-state index in [4.69, 9.17) is 0 Å². The smallest absolute Gasteiger partial charge is 0.281 e. The monoisotopic (exact) mass is 296 g/mol. The third-order valence-corrected chi connectivity index (χ3v) is 4.81. The molecule has 1 aliphatic heterocycles. The van der Waals surface area contributed by atoms with Gasteiger partial charge in [0.2, 0.25) is 5.95 Å². The number of hydrogen-bond acceptors (Lipinski definition) is 4. The summed E-state index contributed by atoms with van der Waals surface area (Å²) in [6.07, 6.45) is 6.30. The Morgan fingerprint density at radius 3 is 2.50 bits per heavy atom. The molecule has 0 spiro atoms. The van der Waals surface area contributed by atoms with Gasteiger partial charge in [0.15, 0.2) is 5.69 Å². The lowest BCUT2D eigenvalue weighted by Gasteiger charge is -2.31. The Morgan fingerprint density at radius 2 is 1.73 bits per heavy atom. The predicted octanol–water partition coefficient (Wildman–Crippen LogP) is 2.46. The lowest BCUT2D eigenvalue weighted by Crippen LogP contribution is -2.36. The van der Waals surface area contributed by atoms with Gasteiger partial charge in [0.05, 0.1) is 0 Å².